The van der Waals surface area contributed by atoms with Crippen LogP contribution in [0.3, 0.4) is 0 Å². The Morgan fingerprint density at radius 2 is 2.12 bits per heavy atom. The van der Waals surface area contributed by atoms with E-state index in [-0.39, 0.29) is 0 Å². The van der Waals surface area contributed by atoms with Gasteiger partial charge >= 0.3 is 0 Å². The van der Waals surface area contributed by atoms with Gasteiger partial charge in [0.1, 0.15) is 5.82 Å². The highest BCUT2D eigenvalue weighted by Gasteiger charge is 1.96. The van der Waals surface area contributed by atoms with E-state index in [4.69, 9.17) is 4.74 Å². The molecule has 0 fully saturated rings. The standard InChI is InChI=1S/C12H21N3O/c1-10(2)4-6-16-7-5-14-12-9-13-8-11(3)15-12/h8-10H,4-7H2,1-3H3,(H,14,15). The lowest BCUT2D eigenvalue weighted by molar-refractivity contribution is 0.132. The summed E-state index contributed by atoms with van der Waals surface area (Å²) < 4.78 is 5.49. The van der Waals surface area contributed by atoms with Crippen molar-refractivity contribution in [3.05, 3.63) is 18.1 Å². The predicted molar refractivity (Wildman–Crippen MR) is 65.5 cm³/mol. The Labute approximate surface area is 97.5 Å². The van der Waals surface area contributed by atoms with E-state index in [1.54, 1.807) is 12.4 Å². The third-order valence-corrected chi connectivity index (χ3v) is 2.15. The number of hydrogen-bond donors (Lipinski definition) is 1. The lowest BCUT2D eigenvalue weighted by atomic mass is 10.1. The molecule has 0 atom stereocenters. The van der Waals surface area contributed by atoms with Gasteiger partial charge < -0.3 is 10.1 Å². The topological polar surface area (TPSA) is 47.0 Å². The van der Waals surface area contributed by atoms with Crippen LogP contribution in [0.5, 0.6) is 0 Å². The van der Waals surface area contributed by atoms with Crippen LogP contribution in [-0.2, 0) is 4.74 Å². The van der Waals surface area contributed by atoms with Crippen LogP contribution < -0.4 is 5.32 Å². The normalized spacial score (nSPS) is 10.8. The Morgan fingerprint density at radius 1 is 1.31 bits per heavy atom. The van der Waals surface area contributed by atoms with Crippen LogP contribution in [0, 0.1) is 12.8 Å². The summed E-state index contributed by atoms with van der Waals surface area (Å²) in [6.07, 6.45) is 4.58. The maximum absolute atomic E-state index is 5.49. The molecule has 1 heterocycles. The number of anilines is 1. The number of aryl methyl sites for hydroxylation is 1. The van der Waals surface area contributed by atoms with Gasteiger partial charge in [0.15, 0.2) is 0 Å². The molecule has 0 aliphatic rings. The number of nitrogens with zero attached hydrogens (tertiary/aromatic N) is 2. The largest absolute Gasteiger partial charge is 0.380 e. The fourth-order valence-electron chi connectivity index (χ4n) is 1.22. The minimum atomic E-state index is 0.704. The molecular formula is C12H21N3O. The molecule has 0 aliphatic heterocycles. The molecule has 0 saturated carbocycles. The van der Waals surface area contributed by atoms with E-state index in [0.29, 0.717) is 12.5 Å². The summed E-state index contributed by atoms with van der Waals surface area (Å²) in [6.45, 7) is 8.64. The van der Waals surface area contributed by atoms with Crippen molar-refractivity contribution in [2.45, 2.75) is 27.2 Å². The van der Waals surface area contributed by atoms with Gasteiger partial charge in [0.25, 0.3) is 0 Å². The molecule has 0 spiro atoms. The zero-order valence-corrected chi connectivity index (χ0v) is 10.4. The van der Waals surface area contributed by atoms with Gasteiger partial charge in [-0.15, -0.1) is 0 Å². The van der Waals surface area contributed by atoms with Crippen LogP contribution in [0.15, 0.2) is 12.4 Å². The van der Waals surface area contributed by atoms with Crippen molar-refractivity contribution in [2.24, 2.45) is 5.92 Å². The maximum atomic E-state index is 5.49. The van der Waals surface area contributed by atoms with E-state index in [1.165, 1.54) is 0 Å². The van der Waals surface area contributed by atoms with Crippen LogP contribution in [0.4, 0.5) is 5.82 Å². The summed E-state index contributed by atoms with van der Waals surface area (Å²) in [6, 6.07) is 0. The summed E-state index contributed by atoms with van der Waals surface area (Å²) in [4.78, 5) is 8.35. The van der Waals surface area contributed by atoms with E-state index in [1.807, 2.05) is 6.92 Å². The first kappa shape index (κ1) is 12.9. The molecule has 0 saturated heterocycles. The van der Waals surface area contributed by atoms with Crippen molar-refractivity contribution in [3.63, 3.8) is 0 Å². The molecule has 1 N–H and O–H groups in total. The Bertz CT molecular complexity index is 302. The Morgan fingerprint density at radius 3 is 2.81 bits per heavy atom. The van der Waals surface area contributed by atoms with Gasteiger partial charge in [0.2, 0.25) is 0 Å². The first-order chi connectivity index (χ1) is 7.68. The van der Waals surface area contributed by atoms with E-state index >= 15 is 0 Å². The predicted octanol–water partition coefficient (Wildman–Crippen LogP) is 2.26. The van der Waals surface area contributed by atoms with Crippen LogP contribution in [0.25, 0.3) is 0 Å². The molecule has 0 aliphatic carbocycles. The van der Waals surface area contributed by atoms with Crippen LogP contribution in [-0.4, -0.2) is 29.7 Å². The molecule has 0 radical (unpaired) electrons. The lowest BCUT2D eigenvalue weighted by Crippen LogP contribution is -2.12. The zero-order chi connectivity index (χ0) is 11.8. The number of nitrogens with one attached hydrogen (secondary N) is 1. The summed E-state index contributed by atoms with van der Waals surface area (Å²) in [7, 11) is 0. The molecule has 0 aromatic carbocycles. The number of ether oxygens (including phenoxy) is 1. The molecule has 90 valence electrons. The molecular weight excluding hydrogens is 202 g/mol. The first-order valence-corrected chi connectivity index (χ1v) is 5.78. The van der Waals surface area contributed by atoms with Gasteiger partial charge in [0.05, 0.1) is 18.5 Å². The number of rotatable bonds is 7. The molecule has 0 bridgehead atoms. The van der Waals surface area contributed by atoms with Gasteiger partial charge in [0, 0.05) is 19.3 Å². The van der Waals surface area contributed by atoms with Crippen LogP contribution >= 0.6 is 0 Å². The van der Waals surface area contributed by atoms with Crippen LogP contribution in [0.2, 0.25) is 0 Å². The van der Waals surface area contributed by atoms with Gasteiger partial charge in [-0.1, -0.05) is 13.8 Å². The highest BCUT2D eigenvalue weighted by Crippen LogP contribution is 2.01. The summed E-state index contributed by atoms with van der Waals surface area (Å²) in [5.41, 5.74) is 0.922. The van der Waals surface area contributed by atoms with Crippen molar-refractivity contribution in [1.29, 1.82) is 0 Å². The summed E-state index contributed by atoms with van der Waals surface area (Å²) >= 11 is 0. The van der Waals surface area contributed by atoms with Gasteiger partial charge in [-0.2, -0.15) is 0 Å². The lowest BCUT2D eigenvalue weighted by Gasteiger charge is -2.08. The third-order valence-electron chi connectivity index (χ3n) is 2.15. The third kappa shape index (κ3) is 5.66. The van der Waals surface area contributed by atoms with E-state index in [9.17, 15) is 0 Å². The number of hydrogen-bond acceptors (Lipinski definition) is 4. The molecule has 1 rings (SSSR count). The molecule has 4 nitrogen and oxygen atoms in total. The molecule has 0 unspecified atom stereocenters. The minimum absolute atomic E-state index is 0.704. The van der Waals surface area contributed by atoms with Crippen molar-refractivity contribution >= 4 is 5.82 Å². The average Bonchev–Trinajstić information content (AvgIpc) is 2.23. The van der Waals surface area contributed by atoms with Crippen molar-refractivity contribution < 1.29 is 4.74 Å². The second-order valence-electron chi connectivity index (χ2n) is 4.27. The highest BCUT2D eigenvalue weighted by atomic mass is 16.5. The Hall–Kier alpha value is -1.16. The van der Waals surface area contributed by atoms with Gasteiger partial charge in [-0.05, 0) is 19.3 Å². The van der Waals surface area contributed by atoms with E-state index < -0.39 is 0 Å². The van der Waals surface area contributed by atoms with Crippen molar-refractivity contribution in [1.82, 2.24) is 9.97 Å². The molecule has 16 heavy (non-hydrogen) atoms. The first-order valence-electron chi connectivity index (χ1n) is 5.78. The smallest absolute Gasteiger partial charge is 0.144 e. The van der Waals surface area contributed by atoms with E-state index in [2.05, 4.69) is 29.1 Å². The minimum Gasteiger partial charge on any atom is -0.380 e. The SMILES string of the molecule is Cc1cncc(NCCOCCC(C)C)n1. The summed E-state index contributed by atoms with van der Waals surface area (Å²) in [5.74, 6) is 1.52. The molecule has 1 aromatic rings. The second kappa shape index (κ2) is 7.17. The molecule has 1 aromatic heterocycles. The van der Waals surface area contributed by atoms with Gasteiger partial charge in [-0.25, -0.2) is 4.98 Å². The molecule has 0 amide bonds. The zero-order valence-electron chi connectivity index (χ0n) is 10.4. The number of aromatic nitrogens is 2. The Balaban J connectivity index is 2.07. The fourth-order valence-corrected chi connectivity index (χ4v) is 1.22. The maximum Gasteiger partial charge on any atom is 0.144 e. The highest BCUT2D eigenvalue weighted by molar-refractivity contribution is 5.31. The fraction of sp³-hybridized carbons (Fsp3) is 0.667. The monoisotopic (exact) mass is 223 g/mol. The van der Waals surface area contributed by atoms with Crippen LogP contribution in [0.1, 0.15) is 26.0 Å². The van der Waals surface area contributed by atoms with E-state index in [0.717, 1.165) is 31.1 Å². The molecule has 4 heteroatoms. The van der Waals surface area contributed by atoms with Gasteiger partial charge in [-0.3, -0.25) is 4.98 Å². The second-order valence-corrected chi connectivity index (χ2v) is 4.27. The Kier molecular flexibility index (Phi) is 5.78. The average molecular weight is 223 g/mol. The van der Waals surface area contributed by atoms with Crippen molar-refractivity contribution in [2.75, 3.05) is 25.1 Å². The quantitative estimate of drug-likeness (QED) is 0.720. The van der Waals surface area contributed by atoms with Crippen molar-refractivity contribution in [3.8, 4) is 0 Å². The summed E-state index contributed by atoms with van der Waals surface area (Å²) in [5, 5.41) is 3.17.